The van der Waals surface area contributed by atoms with Crippen molar-refractivity contribution in [2.45, 2.75) is 25.8 Å². The summed E-state index contributed by atoms with van der Waals surface area (Å²) in [4.78, 5) is 12.8. The monoisotopic (exact) mass is 268 g/mol. The molecule has 1 amide bonds. The summed E-state index contributed by atoms with van der Waals surface area (Å²) in [7, 11) is 3.41. The van der Waals surface area contributed by atoms with Crippen molar-refractivity contribution in [1.82, 2.24) is 4.90 Å². The number of halogens is 1. The van der Waals surface area contributed by atoms with Gasteiger partial charge in [0.25, 0.3) is 0 Å². The topological polar surface area (TPSA) is 55.6 Å². The number of nitrogens with zero attached hydrogens (tertiary/aromatic N) is 1. The number of hydrogen-bond acceptors (Lipinski definition) is 3. The molecule has 2 N–H and O–H groups in total. The Morgan fingerprint density at radius 2 is 2.16 bits per heavy atom. The fourth-order valence-electron chi connectivity index (χ4n) is 1.55. The summed E-state index contributed by atoms with van der Waals surface area (Å²) < 4.78 is 19.0. The maximum Gasteiger partial charge on any atom is 0.222 e. The van der Waals surface area contributed by atoms with Gasteiger partial charge in [0.1, 0.15) is 0 Å². The van der Waals surface area contributed by atoms with Gasteiger partial charge in [-0.25, -0.2) is 4.39 Å². The van der Waals surface area contributed by atoms with Gasteiger partial charge in [0, 0.05) is 26.6 Å². The number of amides is 1. The van der Waals surface area contributed by atoms with Crippen LogP contribution in [0.3, 0.4) is 0 Å². The van der Waals surface area contributed by atoms with E-state index in [0.717, 1.165) is 5.56 Å². The number of carbonyl (C=O) groups is 1. The Morgan fingerprint density at radius 1 is 1.47 bits per heavy atom. The highest BCUT2D eigenvalue weighted by atomic mass is 19.1. The molecule has 0 radical (unpaired) electrons. The van der Waals surface area contributed by atoms with Crippen LogP contribution >= 0.6 is 0 Å². The molecule has 19 heavy (non-hydrogen) atoms. The van der Waals surface area contributed by atoms with Crippen LogP contribution < -0.4 is 10.5 Å². The number of carbonyl (C=O) groups excluding carboxylic acids is 1. The summed E-state index contributed by atoms with van der Waals surface area (Å²) in [5.41, 5.74) is 6.40. The van der Waals surface area contributed by atoms with Crippen molar-refractivity contribution in [2.75, 3.05) is 20.7 Å². The first-order valence-corrected chi connectivity index (χ1v) is 6.29. The van der Waals surface area contributed by atoms with E-state index in [1.54, 1.807) is 33.2 Å². The van der Waals surface area contributed by atoms with Gasteiger partial charge in [-0.15, -0.1) is 0 Å². The molecule has 1 rings (SSSR count). The van der Waals surface area contributed by atoms with Gasteiger partial charge in [0.05, 0.1) is 6.61 Å². The van der Waals surface area contributed by atoms with E-state index in [1.807, 2.05) is 0 Å². The van der Waals surface area contributed by atoms with Crippen molar-refractivity contribution in [3.63, 3.8) is 0 Å². The molecule has 5 heteroatoms. The van der Waals surface area contributed by atoms with Crippen LogP contribution in [-0.2, 0) is 4.79 Å². The Balaban J connectivity index is 2.44. The molecule has 0 spiro atoms. The van der Waals surface area contributed by atoms with Crippen LogP contribution in [0, 0.1) is 5.82 Å². The summed E-state index contributed by atoms with van der Waals surface area (Å²) >= 11 is 0. The smallest absolute Gasteiger partial charge is 0.222 e. The molecule has 0 saturated carbocycles. The van der Waals surface area contributed by atoms with E-state index in [4.69, 9.17) is 10.5 Å². The average Bonchev–Trinajstić information content (AvgIpc) is 2.35. The first kappa shape index (κ1) is 15.4. The standard InChI is InChI=1S/C14H21FN2O2/c1-10(16)11-6-7-13(12(15)9-11)19-8-4-5-14(18)17(2)3/h6-7,9-10H,4-5,8,16H2,1-3H3/t10-/m0/s1. The van der Waals surface area contributed by atoms with Crippen molar-refractivity contribution in [1.29, 1.82) is 0 Å². The predicted molar refractivity (Wildman–Crippen MR) is 72.4 cm³/mol. The van der Waals surface area contributed by atoms with Gasteiger partial charge in [-0.05, 0) is 31.0 Å². The first-order valence-electron chi connectivity index (χ1n) is 6.29. The molecule has 0 saturated heterocycles. The summed E-state index contributed by atoms with van der Waals surface area (Å²) in [6.45, 7) is 2.11. The van der Waals surface area contributed by atoms with Crippen LogP contribution in [0.25, 0.3) is 0 Å². The number of rotatable bonds is 6. The van der Waals surface area contributed by atoms with Gasteiger partial charge >= 0.3 is 0 Å². The largest absolute Gasteiger partial charge is 0.491 e. The second-order valence-corrected chi connectivity index (χ2v) is 4.72. The fraction of sp³-hybridized carbons (Fsp3) is 0.500. The Hall–Kier alpha value is -1.62. The first-order chi connectivity index (χ1) is 8.91. The molecule has 0 heterocycles. The van der Waals surface area contributed by atoms with Gasteiger partial charge in [0.15, 0.2) is 11.6 Å². The van der Waals surface area contributed by atoms with Crippen molar-refractivity contribution in [3.8, 4) is 5.75 Å². The maximum absolute atomic E-state index is 13.7. The zero-order chi connectivity index (χ0) is 14.4. The van der Waals surface area contributed by atoms with Crippen LogP contribution in [0.2, 0.25) is 0 Å². The Labute approximate surface area is 113 Å². The minimum absolute atomic E-state index is 0.0383. The summed E-state index contributed by atoms with van der Waals surface area (Å²) in [6.07, 6.45) is 0.956. The molecule has 0 fully saturated rings. The SMILES string of the molecule is C[C@H](N)c1ccc(OCCCC(=O)N(C)C)c(F)c1. The van der Waals surface area contributed by atoms with Crippen LogP contribution in [0.15, 0.2) is 18.2 Å². The van der Waals surface area contributed by atoms with Gasteiger partial charge in [-0.2, -0.15) is 0 Å². The second kappa shape index (κ2) is 7.09. The van der Waals surface area contributed by atoms with Crippen molar-refractivity contribution >= 4 is 5.91 Å². The number of hydrogen-bond donors (Lipinski definition) is 1. The van der Waals surface area contributed by atoms with Crippen molar-refractivity contribution in [3.05, 3.63) is 29.6 Å². The van der Waals surface area contributed by atoms with Gasteiger partial charge < -0.3 is 15.4 Å². The Morgan fingerprint density at radius 3 is 2.68 bits per heavy atom. The normalized spacial score (nSPS) is 12.1. The number of ether oxygens (including phenoxy) is 1. The number of benzene rings is 1. The van der Waals surface area contributed by atoms with Crippen LogP contribution in [0.1, 0.15) is 31.4 Å². The van der Waals surface area contributed by atoms with E-state index >= 15 is 0 Å². The summed E-state index contributed by atoms with van der Waals surface area (Å²) in [6, 6.07) is 4.49. The van der Waals surface area contributed by atoms with Gasteiger partial charge in [-0.1, -0.05) is 6.07 Å². The minimum atomic E-state index is -0.422. The average molecular weight is 268 g/mol. The molecular formula is C14H21FN2O2. The van der Waals surface area contributed by atoms with Crippen molar-refractivity contribution in [2.24, 2.45) is 5.73 Å². The maximum atomic E-state index is 13.7. The zero-order valence-corrected chi connectivity index (χ0v) is 11.6. The van der Waals surface area contributed by atoms with E-state index in [2.05, 4.69) is 0 Å². The Bertz CT molecular complexity index is 433. The Kier molecular flexibility index (Phi) is 5.76. The van der Waals surface area contributed by atoms with E-state index in [-0.39, 0.29) is 17.7 Å². The highest BCUT2D eigenvalue weighted by molar-refractivity contribution is 5.75. The van der Waals surface area contributed by atoms with Crippen LogP contribution in [0.5, 0.6) is 5.75 Å². The third-order valence-corrected chi connectivity index (χ3v) is 2.77. The molecule has 1 atom stereocenters. The molecule has 0 unspecified atom stereocenters. The van der Waals surface area contributed by atoms with Gasteiger partial charge in [-0.3, -0.25) is 4.79 Å². The molecule has 0 aliphatic carbocycles. The summed E-state index contributed by atoms with van der Waals surface area (Å²) in [5.74, 6) is -0.188. The molecule has 1 aromatic rings. The third kappa shape index (κ3) is 4.87. The highest BCUT2D eigenvalue weighted by Crippen LogP contribution is 2.21. The van der Waals surface area contributed by atoms with E-state index < -0.39 is 5.82 Å². The van der Waals surface area contributed by atoms with Crippen LogP contribution in [0.4, 0.5) is 4.39 Å². The fourth-order valence-corrected chi connectivity index (χ4v) is 1.55. The predicted octanol–water partition coefficient (Wildman–Crippen LogP) is 2.09. The molecular weight excluding hydrogens is 247 g/mol. The van der Waals surface area contributed by atoms with E-state index in [1.165, 1.54) is 11.0 Å². The summed E-state index contributed by atoms with van der Waals surface area (Å²) in [5, 5.41) is 0. The quantitative estimate of drug-likeness (QED) is 0.804. The molecule has 4 nitrogen and oxygen atoms in total. The lowest BCUT2D eigenvalue weighted by atomic mass is 10.1. The van der Waals surface area contributed by atoms with Crippen LogP contribution in [-0.4, -0.2) is 31.5 Å². The second-order valence-electron chi connectivity index (χ2n) is 4.72. The zero-order valence-electron chi connectivity index (χ0n) is 11.6. The molecule has 0 aliphatic heterocycles. The lowest BCUT2D eigenvalue weighted by Gasteiger charge is -2.12. The van der Waals surface area contributed by atoms with E-state index in [9.17, 15) is 9.18 Å². The van der Waals surface area contributed by atoms with Gasteiger partial charge in [0.2, 0.25) is 5.91 Å². The lowest BCUT2D eigenvalue weighted by molar-refractivity contribution is -0.128. The lowest BCUT2D eigenvalue weighted by Crippen LogP contribution is -2.21. The highest BCUT2D eigenvalue weighted by Gasteiger charge is 2.08. The molecule has 0 aliphatic rings. The molecule has 106 valence electrons. The molecule has 1 aromatic carbocycles. The van der Waals surface area contributed by atoms with Crippen molar-refractivity contribution < 1.29 is 13.9 Å². The number of nitrogens with two attached hydrogens (primary N) is 1. The molecule has 0 bridgehead atoms. The minimum Gasteiger partial charge on any atom is -0.491 e. The molecule has 0 aromatic heterocycles. The third-order valence-electron chi connectivity index (χ3n) is 2.77. The van der Waals surface area contributed by atoms with E-state index in [0.29, 0.717) is 19.4 Å².